The Morgan fingerprint density at radius 1 is 1.08 bits per heavy atom. The molecule has 0 aliphatic rings. The monoisotopic (exact) mass is 352 g/mol. The molecule has 25 heavy (non-hydrogen) atoms. The summed E-state index contributed by atoms with van der Waals surface area (Å²) in [6, 6.07) is 15.7. The fourth-order valence-electron chi connectivity index (χ4n) is 2.87. The summed E-state index contributed by atoms with van der Waals surface area (Å²) in [6.07, 6.45) is 1.88. The molecule has 2 aromatic carbocycles. The lowest BCUT2D eigenvalue weighted by atomic mass is 10.2. The number of hydrogen-bond donors (Lipinski definition) is 1. The van der Waals surface area contributed by atoms with Gasteiger partial charge in [-0.15, -0.1) is 0 Å². The Morgan fingerprint density at radius 2 is 1.88 bits per heavy atom. The number of nitrogens with zero attached hydrogens (tertiary/aromatic N) is 3. The Balaban J connectivity index is 1.78. The Morgan fingerprint density at radius 3 is 2.68 bits per heavy atom. The number of imidazole rings is 2. The minimum Gasteiger partial charge on any atom is -0.383 e. The normalized spacial score (nSPS) is 11.3. The number of fused-ring (bicyclic) bond motifs is 1. The zero-order valence-electron chi connectivity index (χ0n) is 13.7. The summed E-state index contributed by atoms with van der Waals surface area (Å²) < 4.78 is 7.39. The third-order valence-corrected chi connectivity index (χ3v) is 4.35. The number of para-hydroxylation sites is 2. The van der Waals surface area contributed by atoms with Crippen LogP contribution in [-0.2, 0) is 11.3 Å². The van der Waals surface area contributed by atoms with Crippen LogP contribution in [0.15, 0.2) is 54.7 Å². The van der Waals surface area contributed by atoms with Crippen molar-refractivity contribution < 1.29 is 4.74 Å². The number of aromatic nitrogens is 4. The lowest BCUT2D eigenvalue weighted by molar-refractivity contribution is 0.188. The summed E-state index contributed by atoms with van der Waals surface area (Å²) in [5.74, 6) is 1.62. The van der Waals surface area contributed by atoms with E-state index in [1.807, 2.05) is 48.7 Å². The second kappa shape index (κ2) is 6.70. The number of methoxy groups -OCH3 is 1. The van der Waals surface area contributed by atoms with Gasteiger partial charge in [-0.1, -0.05) is 23.7 Å². The second-order valence-electron chi connectivity index (χ2n) is 5.71. The number of ether oxygens (including phenoxy) is 1. The average molecular weight is 353 g/mol. The van der Waals surface area contributed by atoms with E-state index in [1.165, 1.54) is 0 Å². The highest BCUT2D eigenvalue weighted by Crippen LogP contribution is 2.26. The van der Waals surface area contributed by atoms with Gasteiger partial charge in [0.15, 0.2) is 5.82 Å². The predicted molar refractivity (Wildman–Crippen MR) is 99.6 cm³/mol. The van der Waals surface area contributed by atoms with E-state index in [2.05, 4.69) is 15.6 Å². The molecule has 0 atom stereocenters. The SMILES string of the molecule is COCCn1c(-c2c[nH]c(-c3ccc(Cl)cc3)n2)nc2ccccc21. The van der Waals surface area contributed by atoms with Crippen LogP contribution in [0.1, 0.15) is 0 Å². The van der Waals surface area contributed by atoms with Gasteiger partial charge in [0.2, 0.25) is 0 Å². The molecule has 4 aromatic rings. The lowest BCUT2D eigenvalue weighted by Crippen LogP contribution is -2.06. The van der Waals surface area contributed by atoms with E-state index in [0.717, 1.165) is 40.5 Å². The van der Waals surface area contributed by atoms with E-state index in [0.29, 0.717) is 11.6 Å². The van der Waals surface area contributed by atoms with Crippen LogP contribution in [0.3, 0.4) is 0 Å². The maximum absolute atomic E-state index is 5.96. The largest absolute Gasteiger partial charge is 0.383 e. The van der Waals surface area contributed by atoms with Crippen molar-refractivity contribution in [1.82, 2.24) is 19.5 Å². The molecule has 0 aliphatic carbocycles. The molecule has 0 radical (unpaired) electrons. The fraction of sp³-hybridized carbons (Fsp3) is 0.158. The third kappa shape index (κ3) is 3.04. The molecule has 1 N–H and O–H groups in total. The summed E-state index contributed by atoms with van der Waals surface area (Å²) in [7, 11) is 1.70. The van der Waals surface area contributed by atoms with Gasteiger partial charge in [0.25, 0.3) is 0 Å². The average Bonchev–Trinajstić information content (AvgIpc) is 3.25. The lowest BCUT2D eigenvalue weighted by Gasteiger charge is -2.06. The molecule has 0 saturated carbocycles. The zero-order chi connectivity index (χ0) is 17.2. The molecule has 0 aliphatic heterocycles. The number of benzene rings is 2. The minimum absolute atomic E-state index is 0.613. The molecule has 0 amide bonds. The Kier molecular flexibility index (Phi) is 4.26. The van der Waals surface area contributed by atoms with E-state index in [1.54, 1.807) is 7.11 Å². The highest BCUT2D eigenvalue weighted by molar-refractivity contribution is 6.30. The van der Waals surface area contributed by atoms with Crippen molar-refractivity contribution in [2.24, 2.45) is 0 Å². The van der Waals surface area contributed by atoms with Crippen molar-refractivity contribution >= 4 is 22.6 Å². The predicted octanol–water partition coefficient (Wildman–Crippen LogP) is 4.39. The van der Waals surface area contributed by atoms with Gasteiger partial charge in [0.1, 0.15) is 11.5 Å². The first-order valence-electron chi connectivity index (χ1n) is 8.02. The molecule has 2 aromatic heterocycles. The van der Waals surface area contributed by atoms with Crippen molar-refractivity contribution in [3.63, 3.8) is 0 Å². The molecular formula is C19H17ClN4O. The van der Waals surface area contributed by atoms with Crippen molar-refractivity contribution in [3.8, 4) is 22.9 Å². The smallest absolute Gasteiger partial charge is 0.161 e. The van der Waals surface area contributed by atoms with Crippen LogP contribution < -0.4 is 0 Å². The zero-order valence-corrected chi connectivity index (χ0v) is 14.5. The van der Waals surface area contributed by atoms with E-state index in [9.17, 15) is 0 Å². The molecule has 0 fully saturated rings. The van der Waals surface area contributed by atoms with Crippen LogP contribution in [0.4, 0.5) is 0 Å². The number of hydrogen-bond acceptors (Lipinski definition) is 3. The molecule has 4 rings (SSSR count). The maximum atomic E-state index is 5.96. The summed E-state index contributed by atoms with van der Waals surface area (Å²) in [4.78, 5) is 12.7. The van der Waals surface area contributed by atoms with Crippen molar-refractivity contribution in [1.29, 1.82) is 0 Å². The van der Waals surface area contributed by atoms with Crippen molar-refractivity contribution in [2.45, 2.75) is 6.54 Å². The molecule has 0 spiro atoms. The van der Waals surface area contributed by atoms with E-state index in [4.69, 9.17) is 26.3 Å². The van der Waals surface area contributed by atoms with Gasteiger partial charge in [-0.25, -0.2) is 9.97 Å². The second-order valence-corrected chi connectivity index (χ2v) is 6.15. The molecule has 0 unspecified atom stereocenters. The van der Waals surface area contributed by atoms with Crippen LogP contribution >= 0.6 is 11.6 Å². The minimum atomic E-state index is 0.613. The Labute approximate surface area is 150 Å². The van der Waals surface area contributed by atoms with E-state index < -0.39 is 0 Å². The van der Waals surface area contributed by atoms with Crippen LogP contribution in [-0.4, -0.2) is 33.2 Å². The molecule has 2 heterocycles. The van der Waals surface area contributed by atoms with Gasteiger partial charge in [-0.3, -0.25) is 0 Å². The Hall–Kier alpha value is -2.63. The summed E-state index contributed by atoms with van der Waals surface area (Å²) >= 11 is 5.96. The number of rotatable bonds is 5. The van der Waals surface area contributed by atoms with E-state index in [-0.39, 0.29) is 0 Å². The van der Waals surface area contributed by atoms with Crippen LogP contribution in [0.5, 0.6) is 0 Å². The van der Waals surface area contributed by atoms with E-state index >= 15 is 0 Å². The molecular weight excluding hydrogens is 336 g/mol. The topological polar surface area (TPSA) is 55.7 Å². The summed E-state index contributed by atoms with van der Waals surface area (Å²) in [6.45, 7) is 1.33. The Bertz CT molecular complexity index is 1000. The maximum Gasteiger partial charge on any atom is 0.161 e. The van der Waals surface area contributed by atoms with Crippen molar-refractivity contribution in [3.05, 3.63) is 59.8 Å². The van der Waals surface area contributed by atoms with Crippen LogP contribution in [0.25, 0.3) is 33.9 Å². The quantitative estimate of drug-likeness (QED) is 0.579. The molecule has 6 heteroatoms. The first kappa shape index (κ1) is 15.9. The van der Waals surface area contributed by atoms with Gasteiger partial charge < -0.3 is 14.3 Å². The highest BCUT2D eigenvalue weighted by Gasteiger charge is 2.15. The molecule has 0 saturated heterocycles. The number of aromatic amines is 1. The third-order valence-electron chi connectivity index (χ3n) is 4.10. The first-order valence-corrected chi connectivity index (χ1v) is 8.40. The van der Waals surface area contributed by atoms with Crippen LogP contribution in [0, 0.1) is 0 Å². The molecule has 5 nitrogen and oxygen atoms in total. The molecule has 126 valence electrons. The first-order chi connectivity index (χ1) is 12.3. The number of nitrogens with one attached hydrogen (secondary N) is 1. The van der Waals surface area contributed by atoms with Gasteiger partial charge >= 0.3 is 0 Å². The van der Waals surface area contributed by atoms with Gasteiger partial charge in [0, 0.05) is 30.4 Å². The van der Waals surface area contributed by atoms with Gasteiger partial charge in [-0.05, 0) is 36.4 Å². The fourth-order valence-corrected chi connectivity index (χ4v) is 3.00. The number of halogens is 1. The van der Waals surface area contributed by atoms with Gasteiger partial charge in [0.05, 0.1) is 17.6 Å². The summed E-state index contributed by atoms with van der Waals surface area (Å²) in [5, 5.41) is 0.705. The number of H-pyrrole nitrogens is 1. The van der Waals surface area contributed by atoms with Crippen LogP contribution in [0.2, 0.25) is 5.02 Å². The standard InChI is InChI=1S/C19H17ClN4O/c1-25-11-10-24-17-5-3-2-4-15(17)23-19(24)16-12-21-18(22-16)13-6-8-14(20)9-7-13/h2-9,12H,10-11H2,1H3,(H,21,22). The molecule has 0 bridgehead atoms. The summed E-state index contributed by atoms with van der Waals surface area (Å²) in [5.41, 5.74) is 3.81. The van der Waals surface area contributed by atoms with Gasteiger partial charge in [-0.2, -0.15) is 0 Å². The van der Waals surface area contributed by atoms with Crippen molar-refractivity contribution in [2.75, 3.05) is 13.7 Å². The highest BCUT2D eigenvalue weighted by atomic mass is 35.5.